The van der Waals surface area contributed by atoms with Gasteiger partial charge in [-0.25, -0.2) is 20.0 Å². The Balaban J connectivity index is 2.23. The van der Waals surface area contributed by atoms with Crippen molar-refractivity contribution in [3.8, 4) is 0 Å². The van der Waals surface area contributed by atoms with Crippen molar-refractivity contribution in [3.05, 3.63) is 59.7 Å². The van der Waals surface area contributed by atoms with E-state index in [2.05, 4.69) is 111 Å². The number of nitrogens with zero attached hydrogens (tertiary/aromatic N) is 4. The van der Waals surface area contributed by atoms with Crippen molar-refractivity contribution >= 4 is 19.9 Å². The average molecular weight is 355 g/mol. The maximum atomic E-state index is 2.27. The Morgan fingerprint density at radius 1 is 0.600 bits per heavy atom. The smallest absolute Gasteiger partial charge is 0.122 e. The Hall–Kier alpha value is -1.50. The molecule has 0 atom stereocenters. The summed E-state index contributed by atoms with van der Waals surface area (Å²) in [5.41, 5.74) is 2.79. The zero-order valence-corrected chi connectivity index (χ0v) is 17.3. The molecule has 0 fully saturated rings. The van der Waals surface area contributed by atoms with E-state index in [9.17, 15) is 0 Å². The molecular formula is C20H30N4Si. The van der Waals surface area contributed by atoms with Gasteiger partial charge in [-0.05, 0) is 11.1 Å². The molecule has 0 bridgehead atoms. The van der Waals surface area contributed by atoms with E-state index in [0.717, 1.165) is 13.1 Å². The normalized spacial score (nSPS) is 11.9. The van der Waals surface area contributed by atoms with Crippen LogP contribution in [-0.2, 0) is 13.1 Å². The van der Waals surface area contributed by atoms with E-state index < -0.39 is 0 Å². The van der Waals surface area contributed by atoms with Crippen LogP contribution in [-0.4, -0.2) is 71.8 Å². The Bertz CT molecular complexity index is 615. The van der Waals surface area contributed by atoms with Gasteiger partial charge in [-0.15, -0.1) is 0 Å². The van der Waals surface area contributed by atoms with Crippen LogP contribution >= 0.6 is 0 Å². The molecule has 0 saturated heterocycles. The van der Waals surface area contributed by atoms with Gasteiger partial charge in [0.05, 0.1) is 0 Å². The Morgan fingerprint density at radius 3 is 1.32 bits per heavy atom. The molecule has 0 saturated carbocycles. The molecule has 134 valence electrons. The Kier molecular flexibility index (Phi) is 7.34. The molecule has 0 aliphatic carbocycles. The van der Waals surface area contributed by atoms with Crippen LogP contribution in [0.2, 0.25) is 0 Å². The summed E-state index contributed by atoms with van der Waals surface area (Å²) in [4.78, 5) is 0. The van der Waals surface area contributed by atoms with Gasteiger partial charge >= 0.3 is 0 Å². The minimum Gasteiger partial charge on any atom is -0.248 e. The average Bonchev–Trinajstić information content (AvgIpc) is 2.58. The highest BCUT2D eigenvalue weighted by Crippen LogP contribution is 2.04. The largest absolute Gasteiger partial charge is 0.248 e. The topological polar surface area (TPSA) is 13.0 Å². The molecule has 4 nitrogen and oxygen atoms in total. The molecular weight excluding hydrogens is 324 g/mol. The molecule has 0 heterocycles. The molecule has 0 amide bonds. The maximum absolute atomic E-state index is 2.27. The van der Waals surface area contributed by atoms with E-state index in [-0.39, 0.29) is 0 Å². The van der Waals surface area contributed by atoms with Crippen molar-refractivity contribution in [3.63, 3.8) is 0 Å². The lowest BCUT2D eigenvalue weighted by Crippen LogP contribution is -2.39. The van der Waals surface area contributed by atoms with Crippen molar-refractivity contribution in [1.29, 1.82) is 0 Å². The second-order valence-corrected chi connectivity index (χ2v) is 8.09. The summed E-state index contributed by atoms with van der Waals surface area (Å²) in [7, 11) is 13.2. The van der Waals surface area contributed by atoms with Crippen LogP contribution in [0.5, 0.6) is 0 Å². The van der Waals surface area contributed by atoms with Crippen LogP contribution in [0.1, 0.15) is 11.1 Å². The van der Waals surface area contributed by atoms with E-state index in [4.69, 9.17) is 0 Å². The summed E-state index contributed by atoms with van der Waals surface area (Å²) in [5.74, 6) is 0. The second kappa shape index (κ2) is 9.27. The van der Waals surface area contributed by atoms with E-state index in [1.54, 1.807) is 0 Å². The summed E-state index contributed by atoms with van der Waals surface area (Å²) in [6.07, 6.45) is 0. The number of hydrogen-bond donors (Lipinski definition) is 0. The third kappa shape index (κ3) is 5.76. The van der Waals surface area contributed by atoms with Crippen LogP contribution in [0.25, 0.3) is 0 Å². The lowest BCUT2D eigenvalue weighted by Gasteiger charge is -2.26. The van der Waals surface area contributed by atoms with Crippen molar-refractivity contribution in [2.75, 3.05) is 42.3 Å². The van der Waals surface area contributed by atoms with Gasteiger partial charge in [0.2, 0.25) is 0 Å². The molecule has 2 rings (SSSR count). The van der Waals surface area contributed by atoms with Crippen molar-refractivity contribution < 1.29 is 0 Å². The predicted molar refractivity (Wildman–Crippen MR) is 108 cm³/mol. The highest BCUT2D eigenvalue weighted by molar-refractivity contribution is 6.68. The molecule has 5 heteroatoms. The molecule has 2 aromatic rings. The van der Waals surface area contributed by atoms with Gasteiger partial charge in [-0.1, -0.05) is 58.9 Å². The summed E-state index contributed by atoms with van der Waals surface area (Å²) in [6, 6.07) is 17.6. The second-order valence-electron chi connectivity index (χ2n) is 6.77. The van der Waals surface area contributed by atoms with Gasteiger partial charge < -0.3 is 0 Å². The van der Waals surface area contributed by atoms with Gasteiger partial charge in [-0.2, -0.15) is 0 Å². The first-order valence-electron chi connectivity index (χ1n) is 8.58. The van der Waals surface area contributed by atoms with E-state index in [1.165, 1.54) is 21.5 Å². The van der Waals surface area contributed by atoms with E-state index in [1.807, 2.05) is 0 Å². The van der Waals surface area contributed by atoms with Crippen molar-refractivity contribution in [2.24, 2.45) is 0 Å². The zero-order chi connectivity index (χ0) is 18.4. The minimum absolute atomic E-state index is 0.670. The van der Waals surface area contributed by atoms with E-state index in [0.29, 0.717) is 9.52 Å². The van der Waals surface area contributed by atoms with Crippen molar-refractivity contribution in [1.82, 2.24) is 20.0 Å². The van der Waals surface area contributed by atoms with Gasteiger partial charge in [0.1, 0.15) is 9.52 Å². The predicted octanol–water partition coefficient (Wildman–Crippen LogP) is 1.16. The molecule has 0 aliphatic heterocycles. The summed E-state index contributed by atoms with van der Waals surface area (Å²) in [5, 5.41) is 11.6. The molecule has 0 N–H and O–H groups in total. The summed E-state index contributed by atoms with van der Waals surface area (Å²) < 4.78 is 0. The maximum Gasteiger partial charge on any atom is 0.122 e. The Morgan fingerprint density at radius 2 is 0.960 bits per heavy atom. The van der Waals surface area contributed by atoms with E-state index >= 15 is 0 Å². The minimum atomic E-state index is 0.670. The molecule has 0 aliphatic rings. The quantitative estimate of drug-likeness (QED) is 0.521. The monoisotopic (exact) mass is 354 g/mol. The highest BCUT2D eigenvalue weighted by Gasteiger charge is 2.12. The molecule has 0 spiro atoms. The lowest BCUT2D eigenvalue weighted by atomic mass is 10.2. The lowest BCUT2D eigenvalue weighted by molar-refractivity contribution is 0.0478. The van der Waals surface area contributed by atoms with Gasteiger partial charge in [0.15, 0.2) is 0 Å². The van der Waals surface area contributed by atoms with Gasteiger partial charge in [0, 0.05) is 55.4 Å². The summed E-state index contributed by atoms with van der Waals surface area (Å²) in [6.45, 7) is 1.85. The number of hydrogen-bond acceptors (Lipinski definition) is 4. The Labute approximate surface area is 155 Å². The molecule has 2 aromatic carbocycles. The van der Waals surface area contributed by atoms with Crippen LogP contribution in [0.4, 0.5) is 0 Å². The molecule has 25 heavy (non-hydrogen) atoms. The zero-order valence-electron chi connectivity index (χ0n) is 16.3. The number of benzene rings is 2. The van der Waals surface area contributed by atoms with Gasteiger partial charge in [-0.3, -0.25) is 0 Å². The molecule has 0 unspecified atom stereocenters. The first-order valence-corrected chi connectivity index (χ1v) is 9.58. The van der Waals surface area contributed by atoms with Crippen LogP contribution in [0.3, 0.4) is 0 Å². The van der Waals surface area contributed by atoms with Crippen LogP contribution in [0.15, 0.2) is 48.5 Å². The fraction of sp³-hybridized carbons (Fsp3) is 0.400. The third-order valence-electron chi connectivity index (χ3n) is 4.47. The highest BCUT2D eigenvalue weighted by atomic mass is 28.2. The fourth-order valence-corrected chi connectivity index (χ4v) is 3.78. The first kappa shape index (κ1) is 19.8. The molecule has 2 radical (unpaired) electrons. The number of hydrazine groups is 2. The summed E-state index contributed by atoms with van der Waals surface area (Å²) >= 11 is 0. The standard InChI is InChI=1S/C20H30N4Si/c1-21(2)23(5)15-17-11-7-9-13-19(17)25-20-14-10-8-12-18(20)16-24(6)22(3)4/h7-14H,15-16H2,1-6H3. The van der Waals surface area contributed by atoms with Crippen LogP contribution < -0.4 is 10.4 Å². The fourth-order valence-electron chi connectivity index (χ4n) is 2.48. The number of rotatable bonds is 8. The first-order chi connectivity index (χ1) is 11.9. The van der Waals surface area contributed by atoms with Gasteiger partial charge in [0.25, 0.3) is 0 Å². The van der Waals surface area contributed by atoms with Crippen LogP contribution in [0, 0.1) is 0 Å². The van der Waals surface area contributed by atoms with Crippen molar-refractivity contribution in [2.45, 2.75) is 13.1 Å². The molecule has 0 aromatic heterocycles. The third-order valence-corrected chi connectivity index (χ3v) is 5.98. The SMILES string of the molecule is CN(C)N(C)Cc1ccccc1[Si]c1ccccc1CN(C)N(C)C.